The molecule has 0 spiro atoms. The molecule has 404 valence electrons. The van der Waals surface area contributed by atoms with Gasteiger partial charge < -0.3 is 67.4 Å². The van der Waals surface area contributed by atoms with Crippen molar-refractivity contribution in [3.05, 3.63) is 90.0 Å². The van der Waals surface area contributed by atoms with Gasteiger partial charge in [-0.3, -0.25) is 9.59 Å². The molecule has 16 nitrogen and oxygen atoms in total. The number of aryl methyl sites for hydroxylation is 1. The average Bonchev–Trinajstić information content (AvgIpc) is 3.40. The lowest BCUT2D eigenvalue weighted by Crippen LogP contribution is -2.67. The number of Topliss-reactive ketones (excluding diaryl/α,β-unsaturated/α-hetero) is 1. The third-order valence-electron chi connectivity index (χ3n) is 13.5. The first kappa shape index (κ1) is 58.3. The van der Waals surface area contributed by atoms with Gasteiger partial charge in [0.25, 0.3) is 0 Å². The Hall–Kier alpha value is -1.83. The Morgan fingerprint density at radius 3 is 1.91 bits per heavy atom. The van der Waals surface area contributed by atoms with Crippen LogP contribution in [0.5, 0.6) is 17.2 Å². The molecule has 16 atom stereocenters. The Balaban J connectivity index is 1.14. The van der Waals surface area contributed by atoms with Gasteiger partial charge >= 0.3 is 5.97 Å². The number of benzene rings is 4. The number of thioether (sulfide) groups is 2. The first-order valence-corrected chi connectivity index (χ1v) is 30.4. The molecule has 3 aliphatic heterocycles. The quantitative estimate of drug-likeness (QED) is 0.0350. The van der Waals surface area contributed by atoms with E-state index in [2.05, 4.69) is 67.8 Å². The molecule has 3 saturated heterocycles. The molecule has 1 aliphatic carbocycles. The summed E-state index contributed by atoms with van der Waals surface area (Å²) in [6.45, 7) is 6.71. The fourth-order valence-corrected chi connectivity index (χ4v) is 14.3. The van der Waals surface area contributed by atoms with Gasteiger partial charge in [-0.2, -0.15) is 0 Å². The lowest BCUT2D eigenvalue weighted by Gasteiger charge is -2.51. The van der Waals surface area contributed by atoms with Crippen LogP contribution in [0, 0.1) is 5.92 Å². The number of aliphatic hydroxyl groups is 3. The smallest absolute Gasteiger partial charge is 0.308 e. The number of halogens is 3. The molecule has 4 aromatic rings. The third kappa shape index (κ3) is 12.6. The first-order valence-electron chi connectivity index (χ1n) is 24.3. The van der Waals surface area contributed by atoms with Gasteiger partial charge in [0.15, 0.2) is 37.6 Å². The van der Waals surface area contributed by atoms with Crippen molar-refractivity contribution in [2.24, 2.45) is 5.92 Å². The molecule has 0 radical (unpaired) electrons. The van der Waals surface area contributed by atoms with E-state index in [9.17, 15) is 24.9 Å². The Labute approximate surface area is 481 Å². The van der Waals surface area contributed by atoms with E-state index in [1.165, 1.54) is 37.7 Å². The summed E-state index contributed by atoms with van der Waals surface area (Å²) in [6, 6.07) is 24.7. The van der Waals surface area contributed by atoms with Crippen molar-refractivity contribution in [2.45, 2.75) is 144 Å². The number of ether oxygens (including phenoxy) is 11. The molecule has 0 unspecified atom stereocenters. The van der Waals surface area contributed by atoms with E-state index >= 15 is 0 Å². The topological polar surface area (TPSA) is 196 Å². The maximum atomic E-state index is 15.0. The zero-order valence-corrected chi connectivity index (χ0v) is 50.0. The number of aliphatic hydroxyl groups excluding tert-OH is 2. The molecule has 0 bridgehead atoms. The van der Waals surface area contributed by atoms with Gasteiger partial charge in [-0.05, 0) is 74.0 Å². The predicted octanol–water partition coefficient (Wildman–Crippen LogP) is 8.35. The number of rotatable bonds is 19. The fourth-order valence-electron chi connectivity index (χ4n) is 9.67. The number of carbonyl (C=O) groups is 2. The van der Waals surface area contributed by atoms with Crippen molar-refractivity contribution in [1.82, 2.24) is 0 Å². The maximum Gasteiger partial charge on any atom is 0.308 e. The average molecular weight is 1400 g/mol. The van der Waals surface area contributed by atoms with Gasteiger partial charge in [0.05, 0.1) is 63.8 Å². The van der Waals surface area contributed by atoms with Crippen molar-refractivity contribution < 1.29 is 77.0 Å². The minimum Gasteiger partial charge on any atom is -0.497 e. The minimum absolute atomic E-state index is 0.0470. The van der Waals surface area contributed by atoms with Crippen LogP contribution in [0.2, 0.25) is 0 Å². The number of esters is 1. The second-order valence-corrected chi connectivity index (χ2v) is 24.6. The second kappa shape index (κ2) is 26.0. The molecule has 74 heavy (non-hydrogen) atoms. The number of methoxy groups -OCH3 is 3. The molecule has 8 rings (SSSR count). The van der Waals surface area contributed by atoms with Gasteiger partial charge in [0.1, 0.15) is 53.4 Å². The molecule has 3 N–H and O–H groups in total. The number of fused-ring (bicyclic) bond motifs is 2. The summed E-state index contributed by atoms with van der Waals surface area (Å²) in [4.78, 5) is 29.4. The number of hydrogen-bond donors (Lipinski definition) is 3. The Kier molecular flexibility index (Phi) is 20.5. The zero-order chi connectivity index (χ0) is 53.0. The normalized spacial score (nSPS) is 33.3. The van der Waals surface area contributed by atoms with Crippen LogP contribution in [0.4, 0.5) is 0 Å². The van der Waals surface area contributed by atoms with E-state index in [1.807, 2.05) is 72.8 Å². The predicted molar refractivity (Wildman–Crippen MR) is 304 cm³/mol. The summed E-state index contributed by atoms with van der Waals surface area (Å²) < 4.78 is 69.5. The molecular weight excluding hydrogens is 1340 g/mol. The van der Waals surface area contributed by atoms with E-state index in [4.69, 9.17) is 52.1 Å². The highest BCUT2D eigenvalue weighted by atomic mass is 127. The molecule has 21 heteroatoms. The van der Waals surface area contributed by atoms with Gasteiger partial charge in [0, 0.05) is 31.8 Å². The van der Waals surface area contributed by atoms with Crippen LogP contribution < -0.4 is 14.2 Å². The maximum absolute atomic E-state index is 15.0. The molecular formula is C53H63I3O16S2. The van der Waals surface area contributed by atoms with Crippen molar-refractivity contribution >= 4 is 114 Å². The van der Waals surface area contributed by atoms with Crippen molar-refractivity contribution in [3.8, 4) is 17.2 Å². The van der Waals surface area contributed by atoms with E-state index in [0.717, 1.165) is 20.7 Å². The summed E-state index contributed by atoms with van der Waals surface area (Å²) in [5, 5.41) is 36.5. The summed E-state index contributed by atoms with van der Waals surface area (Å²) in [5.41, 5.74) is -0.445. The third-order valence-corrected chi connectivity index (χ3v) is 19.7. The number of alkyl halides is 3. The molecule has 4 aromatic carbocycles. The van der Waals surface area contributed by atoms with Crippen LogP contribution in [0.25, 0.3) is 10.8 Å². The van der Waals surface area contributed by atoms with Gasteiger partial charge in [0.2, 0.25) is 0 Å². The largest absolute Gasteiger partial charge is 0.497 e. The van der Waals surface area contributed by atoms with Crippen LogP contribution in [0.3, 0.4) is 0 Å². The lowest BCUT2D eigenvalue weighted by atomic mass is 9.85. The Morgan fingerprint density at radius 2 is 1.38 bits per heavy atom. The van der Waals surface area contributed by atoms with Crippen molar-refractivity contribution in [2.75, 3.05) is 37.0 Å². The molecule has 3 heterocycles. The number of carbonyl (C=O) groups excluding carboxylic acids is 2. The van der Waals surface area contributed by atoms with Gasteiger partial charge in [-0.25, -0.2) is 0 Å². The second-order valence-electron chi connectivity index (χ2n) is 19.0. The fraction of sp³-hybridized carbons (Fsp3) is 0.547. The molecule has 3 fully saturated rings. The highest BCUT2D eigenvalue weighted by Gasteiger charge is 2.58. The van der Waals surface area contributed by atoms with E-state index in [1.54, 1.807) is 40.9 Å². The van der Waals surface area contributed by atoms with E-state index < -0.39 is 106 Å². The van der Waals surface area contributed by atoms with Crippen LogP contribution in [0.15, 0.2) is 88.7 Å². The Bertz CT molecular complexity index is 2530. The molecule has 0 aromatic heterocycles. The van der Waals surface area contributed by atoms with E-state index in [-0.39, 0.29) is 12.6 Å². The summed E-state index contributed by atoms with van der Waals surface area (Å²) in [7, 11) is 4.62. The highest BCUT2D eigenvalue weighted by molar-refractivity contribution is 14.1. The lowest BCUT2D eigenvalue weighted by molar-refractivity contribution is -0.326. The number of hydrogen-bond acceptors (Lipinski definition) is 18. The molecule has 0 amide bonds. The first-order chi connectivity index (χ1) is 35.5. The van der Waals surface area contributed by atoms with Crippen LogP contribution in [-0.2, 0) is 49.1 Å². The SMILES string of the molecule is COCOc1cc(OC)cc2cc3c(c(OC)c12)C(=O)[C@@H](O[C@@H]1O[C@H](CI)[C@@H](O)[C@H](O[C@@H]2O[C@H](CI)[C@@H](O)[C@H](O[C@@H]4O[C@@H](C)[C@H](OC(=O)C(C)C)[C@@](C)(O)[C@H]4I)[C@H]2Sc2ccccc2)[C@H]1Sc1ccccc1)CC3. The molecule has 0 saturated carbocycles. The number of ketones is 1. The Morgan fingerprint density at radius 1 is 0.811 bits per heavy atom. The summed E-state index contributed by atoms with van der Waals surface area (Å²) >= 11 is 9.15. The van der Waals surface area contributed by atoms with Crippen molar-refractivity contribution in [1.29, 1.82) is 0 Å². The van der Waals surface area contributed by atoms with Crippen molar-refractivity contribution in [3.63, 3.8) is 0 Å². The minimum atomic E-state index is -1.60. The summed E-state index contributed by atoms with van der Waals surface area (Å²) in [6.07, 6.45) is -11.4. The van der Waals surface area contributed by atoms with Crippen LogP contribution in [-0.4, -0.2) is 158 Å². The van der Waals surface area contributed by atoms with Gasteiger partial charge in [-0.1, -0.05) is 118 Å². The monoisotopic (exact) mass is 1400 g/mol. The van der Waals surface area contributed by atoms with Crippen LogP contribution in [0.1, 0.15) is 50.0 Å². The standard InChI is InChI=1S/C53H63I3O16S2/c1-26(2)49(60)72-48-27(3)66-52(47(56)53(48,4)61)71-44-41(59)36(24-55)69-51(46(44)74-32-16-12-9-13-17-32)70-43-40(58)35(23-54)68-50(45(43)73-31-14-10-8-11-15-31)67-33-19-18-28-20-29-21-30(63-6)22-34(65-25-62-5)37(29)42(64-7)38(28)39(33)57/h8-17,20-22,26-27,33,35-36,40-41,43-48,50-52,58-59,61H,18-19,23-25H2,1-7H3/t27-,33-,35+,36+,40+,41+,43-,44-,45+,46+,47-,48-,50+,51-,52-,53-/m0/s1. The van der Waals surface area contributed by atoms with Crippen LogP contribution >= 0.6 is 91.3 Å². The highest BCUT2D eigenvalue weighted by Crippen LogP contribution is 2.47. The van der Waals surface area contributed by atoms with Gasteiger partial charge in [-0.15, -0.1) is 23.5 Å². The molecule has 4 aliphatic rings. The van der Waals surface area contributed by atoms with E-state index in [0.29, 0.717) is 49.9 Å². The zero-order valence-electron chi connectivity index (χ0n) is 41.9. The summed E-state index contributed by atoms with van der Waals surface area (Å²) in [5.74, 6) is 0.131.